The molecule has 0 radical (unpaired) electrons. The number of hydrogen-bond donors (Lipinski definition) is 1. The minimum Gasteiger partial charge on any atom is -0.497 e. The Kier molecular flexibility index (Phi) is 5.76. The highest BCUT2D eigenvalue weighted by Gasteiger charge is 2.15. The van der Waals surface area contributed by atoms with E-state index in [4.69, 9.17) is 9.47 Å². The van der Waals surface area contributed by atoms with Gasteiger partial charge in [-0.2, -0.15) is 5.10 Å². The Labute approximate surface area is 158 Å². The topological polar surface area (TPSA) is 48.3 Å². The van der Waals surface area contributed by atoms with Crippen LogP contribution in [0.5, 0.6) is 11.5 Å². The fourth-order valence-electron chi connectivity index (χ4n) is 3.02. The molecule has 2 aromatic carbocycles. The monoisotopic (exact) mass is 369 g/mol. The molecular weight excluding hydrogens is 345 g/mol. The third-order valence-corrected chi connectivity index (χ3v) is 4.68. The number of rotatable bonds is 7. The van der Waals surface area contributed by atoms with Crippen molar-refractivity contribution < 1.29 is 13.9 Å². The van der Waals surface area contributed by atoms with E-state index < -0.39 is 0 Å². The minimum absolute atomic E-state index is 0.0163. The van der Waals surface area contributed by atoms with Crippen LogP contribution in [0.25, 0.3) is 5.69 Å². The second-order valence-corrected chi connectivity index (χ2v) is 6.36. The van der Waals surface area contributed by atoms with Gasteiger partial charge in [0.15, 0.2) is 0 Å². The van der Waals surface area contributed by atoms with Gasteiger partial charge in [0.2, 0.25) is 0 Å². The lowest BCUT2D eigenvalue weighted by molar-refractivity contribution is 0.412. The van der Waals surface area contributed by atoms with Crippen molar-refractivity contribution in [2.45, 2.75) is 26.4 Å². The van der Waals surface area contributed by atoms with Crippen molar-refractivity contribution in [1.29, 1.82) is 0 Å². The van der Waals surface area contributed by atoms with Gasteiger partial charge in [-0.1, -0.05) is 0 Å². The van der Waals surface area contributed by atoms with Gasteiger partial charge in [0.05, 0.1) is 26.1 Å². The van der Waals surface area contributed by atoms with Crippen LogP contribution in [0, 0.1) is 12.7 Å². The Morgan fingerprint density at radius 1 is 1.07 bits per heavy atom. The second-order valence-electron chi connectivity index (χ2n) is 6.36. The summed E-state index contributed by atoms with van der Waals surface area (Å²) in [7, 11) is 3.22. The number of aromatic nitrogens is 2. The van der Waals surface area contributed by atoms with Crippen LogP contribution in [0.2, 0.25) is 0 Å². The number of benzene rings is 2. The third-order valence-electron chi connectivity index (χ3n) is 4.68. The van der Waals surface area contributed by atoms with E-state index in [0.29, 0.717) is 17.9 Å². The highest BCUT2D eigenvalue weighted by molar-refractivity contribution is 5.39. The zero-order valence-corrected chi connectivity index (χ0v) is 16.0. The van der Waals surface area contributed by atoms with Crippen LogP contribution in [0.3, 0.4) is 0 Å². The summed E-state index contributed by atoms with van der Waals surface area (Å²) in [5, 5.41) is 7.87. The molecule has 0 aliphatic carbocycles. The molecule has 3 aromatic rings. The van der Waals surface area contributed by atoms with E-state index in [0.717, 1.165) is 22.7 Å². The van der Waals surface area contributed by atoms with Gasteiger partial charge in [-0.25, -0.2) is 9.07 Å². The molecule has 0 spiro atoms. The van der Waals surface area contributed by atoms with E-state index in [2.05, 4.69) is 10.4 Å². The van der Waals surface area contributed by atoms with E-state index in [-0.39, 0.29) is 11.9 Å². The van der Waals surface area contributed by atoms with Gasteiger partial charge >= 0.3 is 0 Å². The number of methoxy groups -OCH3 is 2. The Morgan fingerprint density at radius 2 is 1.74 bits per heavy atom. The molecule has 0 unspecified atom stereocenters. The largest absolute Gasteiger partial charge is 0.497 e. The van der Waals surface area contributed by atoms with E-state index in [1.54, 1.807) is 26.4 Å². The molecule has 5 nitrogen and oxygen atoms in total. The Morgan fingerprint density at radius 3 is 2.41 bits per heavy atom. The fourth-order valence-corrected chi connectivity index (χ4v) is 3.02. The van der Waals surface area contributed by atoms with Crippen LogP contribution >= 0.6 is 0 Å². The number of ether oxygens (including phenoxy) is 2. The van der Waals surface area contributed by atoms with Crippen molar-refractivity contribution in [3.8, 4) is 17.2 Å². The molecule has 1 aromatic heterocycles. The summed E-state index contributed by atoms with van der Waals surface area (Å²) in [5.41, 5.74) is 3.63. The van der Waals surface area contributed by atoms with Crippen LogP contribution in [-0.4, -0.2) is 24.0 Å². The maximum Gasteiger partial charge on any atom is 0.127 e. The molecule has 27 heavy (non-hydrogen) atoms. The summed E-state index contributed by atoms with van der Waals surface area (Å²) >= 11 is 0. The van der Waals surface area contributed by atoms with Crippen molar-refractivity contribution in [3.05, 3.63) is 71.3 Å². The number of halogens is 1. The summed E-state index contributed by atoms with van der Waals surface area (Å²) in [6.07, 6.45) is 1.85. The van der Waals surface area contributed by atoms with E-state index in [1.807, 2.05) is 49.0 Å². The lowest BCUT2D eigenvalue weighted by Crippen LogP contribution is -2.19. The molecule has 142 valence electrons. The van der Waals surface area contributed by atoms with Gasteiger partial charge in [-0.15, -0.1) is 0 Å². The van der Waals surface area contributed by atoms with Crippen molar-refractivity contribution >= 4 is 0 Å². The van der Waals surface area contributed by atoms with E-state index in [9.17, 15) is 4.39 Å². The molecule has 0 fully saturated rings. The molecule has 0 amide bonds. The highest BCUT2D eigenvalue weighted by atomic mass is 19.1. The predicted octanol–water partition coefficient (Wildman–Crippen LogP) is 4.19. The first-order chi connectivity index (χ1) is 13.0. The maximum atomic E-state index is 14.0. The molecule has 1 heterocycles. The third kappa shape index (κ3) is 4.11. The Hall–Kier alpha value is -2.86. The van der Waals surface area contributed by atoms with Gasteiger partial charge in [0.25, 0.3) is 0 Å². The molecule has 0 aliphatic heterocycles. The molecule has 0 saturated carbocycles. The van der Waals surface area contributed by atoms with Crippen LogP contribution in [0.4, 0.5) is 4.39 Å². The van der Waals surface area contributed by atoms with Crippen LogP contribution in [-0.2, 0) is 6.54 Å². The molecular formula is C21H24FN3O2. The van der Waals surface area contributed by atoms with Crippen LogP contribution in [0.15, 0.2) is 48.7 Å². The lowest BCUT2D eigenvalue weighted by atomic mass is 10.1. The van der Waals surface area contributed by atoms with Gasteiger partial charge in [0.1, 0.15) is 17.3 Å². The maximum absolute atomic E-state index is 14.0. The number of nitrogens with one attached hydrogen (secondary N) is 1. The first kappa shape index (κ1) is 18.9. The second kappa shape index (κ2) is 8.22. The summed E-state index contributed by atoms with van der Waals surface area (Å²) in [5.74, 6) is 1.20. The van der Waals surface area contributed by atoms with Crippen molar-refractivity contribution in [1.82, 2.24) is 15.1 Å². The minimum atomic E-state index is -0.249. The molecule has 3 rings (SSSR count). The van der Waals surface area contributed by atoms with Gasteiger partial charge < -0.3 is 14.8 Å². The highest BCUT2D eigenvalue weighted by Crippen LogP contribution is 2.23. The Balaban J connectivity index is 1.74. The average Bonchev–Trinajstić information content (AvgIpc) is 3.08. The van der Waals surface area contributed by atoms with Gasteiger partial charge in [0, 0.05) is 29.4 Å². The van der Waals surface area contributed by atoms with Gasteiger partial charge in [-0.05, 0) is 56.3 Å². The van der Waals surface area contributed by atoms with Crippen LogP contribution < -0.4 is 14.8 Å². The number of hydrogen-bond acceptors (Lipinski definition) is 4. The molecule has 1 atom stereocenters. The van der Waals surface area contributed by atoms with E-state index >= 15 is 0 Å². The lowest BCUT2D eigenvalue weighted by Gasteiger charge is -2.15. The summed E-state index contributed by atoms with van der Waals surface area (Å²) in [6.45, 7) is 4.47. The molecule has 0 saturated heterocycles. The van der Waals surface area contributed by atoms with Gasteiger partial charge in [-0.3, -0.25) is 0 Å². The molecule has 0 aliphatic rings. The fraction of sp³-hybridized carbons (Fsp3) is 0.286. The average molecular weight is 369 g/mol. The summed E-state index contributed by atoms with van der Waals surface area (Å²) in [6, 6.07) is 12.5. The quantitative estimate of drug-likeness (QED) is 0.678. The van der Waals surface area contributed by atoms with Crippen LogP contribution in [0.1, 0.15) is 29.8 Å². The Bertz CT molecular complexity index is 906. The standard InChI is InChI=1S/C21H24FN3O2/c1-14(23-12-16-11-19(27-4)9-10-21(16)22)20-13-24-25(15(20)2)17-5-7-18(26-3)8-6-17/h5-11,13-14,23H,12H2,1-4H3/t14-/m0/s1. The summed E-state index contributed by atoms with van der Waals surface area (Å²) in [4.78, 5) is 0. The predicted molar refractivity (Wildman–Crippen MR) is 103 cm³/mol. The zero-order chi connectivity index (χ0) is 19.4. The zero-order valence-electron chi connectivity index (χ0n) is 16.0. The molecule has 0 bridgehead atoms. The first-order valence-corrected chi connectivity index (χ1v) is 8.78. The molecule has 1 N–H and O–H groups in total. The molecule has 6 heteroatoms. The number of nitrogens with zero attached hydrogens (tertiary/aromatic N) is 2. The van der Waals surface area contributed by atoms with Crippen molar-refractivity contribution in [3.63, 3.8) is 0 Å². The summed E-state index contributed by atoms with van der Waals surface area (Å²) < 4.78 is 26.3. The SMILES string of the molecule is COc1ccc(-n2ncc([C@H](C)NCc3cc(OC)ccc3F)c2C)cc1. The first-order valence-electron chi connectivity index (χ1n) is 8.78. The van der Waals surface area contributed by atoms with Crippen molar-refractivity contribution in [2.75, 3.05) is 14.2 Å². The van der Waals surface area contributed by atoms with E-state index in [1.165, 1.54) is 6.07 Å². The van der Waals surface area contributed by atoms with Crippen molar-refractivity contribution in [2.24, 2.45) is 0 Å². The normalized spacial score (nSPS) is 12.0. The smallest absolute Gasteiger partial charge is 0.127 e.